The van der Waals surface area contributed by atoms with Gasteiger partial charge in [-0.25, -0.2) is 0 Å². The number of aryl methyl sites for hydroxylation is 2. The molecule has 4 rings (SSSR count). The van der Waals surface area contributed by atoms with E-state index in [1.807, 2.05) is 0 Å². The van der Waals surface area contributed by atoms with Crippen LogP contribution in [0, 0.1) is 6.92 Å². The largest absolute Gasteiger partial charge is 0.344 e. The van der Waals surface area contributed by atoms with Gasteiger partial charge in [-0.15, -0.1) is 0 Å². The first-order valence-corrected chi connectivity index (χ1v) is 9.30. The van der Waals surface area contributed by atoms with E-state index in [1.165, 1.54) is 48.7 Å². The maximum Gasteiger partial charge on any atom is 0.0486 e. The third-order valence-electron chi connectivity index (χ3n) is 5.68. The van der Waals surface area contributed by atoms with Crippen molar-refractivity contribution >= 4 is 10.9 Å². The van der Waals surface area contributed by atoms with Crippen LogP contribution in [0.25, 0.3) is 10.9 Å². The molecule has 0 radical (unpaired) electrons. The number of benzene rings is 1. The minimum atomic E-state index is 0.583. The maximum absolute atomic E-state index is 3.70. The lowest BCUT2D eigenvalue weighted by atomic mass is 10.0. The van der Waals surface area contributed by atoms with Crippen LogP contribution >= 0.6 is 0 Å². The van der Waals surface area contributed by atoms with Crippen molar-refractivity contribution in [3.63, 3.8) is 0 Å². The van der Waals surface area contributed by atoms with Gasteiger partial charge in [0.25, 0.3) is 0 Å². The fourth-order valence-corrected chi connectivity index (χ4v) is 4.37. The van der Waals surface area contributed by atoms with Crippen molar-refractivity contribution in [1.29, 1.82) is 0 Å². The maximum atomic E-state index is 3.70. The van der Waals surface area contributed by atoms with Gasteiger partial charge in [0.15, 0.2) is 0 Å². The second-order valence-corrected chi connectivity index (χ2v) is 7.52. The summed E-state index contributed by atoms with van der Waals surface area (Å²) in [6, 6.07) is 8.27. The second-order valence-electron chi connectivity index (χ2n) is 7.52. The fourth-order valence-electron chi connectivity index (χ4n) is 4.37. The SMILES string of the molecule is Cc1ccc2c(c1)c1c(n2CCC2CCCCN2)CC(C)NC1. The highest BCUT2D eigenvalue weighted by Gasteiger charge is 2.23. The summed E-state index contributed by atoms with van der Waals surface area (Å²) in [5, 5.41) is 8.81. The van der Waals surface area contributed by atoms with Gasteiger partial charge >= 0.3 is 0 Å². The zero-order valence-electron chi connectivity index (χ0n) is 14.5. The molecule has 1 saturated heterocycles. The Bertz CT molecular complexity index is 694. The minimum absolute atomic E-state index is 0.583. The van der Waals surface area contributed by atoms with Gasteiger partial charge in [-0.3, -0.25) is 0 Å². The van der Waals surface area contributed by atoms with E-state index < -0.39 is 0 Å². The van der Waals surface area contributed by atoms with E-state index in [0.29, 0.717) is 12.1 Å². The van der Waals surface area contributed by atoms with Crippen molar-refractivity contribution in [3.05, 3.63) is 35.0 Å². The van der Waals surface area contributed by atoms with E-state index in [-0.39, 0.29) is 0 Å². The van der Waals surface area contributed by atoms with Gasteiger partial charge in [-0.1, -0.05) is 18.1 Å². The predicted molar refractivity (Wildman–Crippen MR) is 96.9 cm³/mol. The van der Waals surface area contributed by atoms with Crippen molar-refractivity contribution in [1.82, 2.24) is 15.2 Å². The molecule has 1 aromatic carbocycles. The third-order valence-corrected chi connectivity index (χ3v) is 5.68. The summed E-state index contributed by atoms with van der Waals surface area (Å²) in [5.41, 5.74) is 5.92. The highest BCUT2D eigenvalue weighted by atomic mass is 15.0. The molecule has 3 heterocycles. The Labute approximate surface area is 139 Å². The number of aromatic nitrogens is 1. The molecule has 0 bridgehead atoms. The normalized spacial score (nSPS) is 24.8. The molecule has 1 fully saturated rings. The first kappa shape index (κ1) is 15.2. The number of hydrogen-bond acceptors (Lipinski definition) is 2. The van der Waals surface area contributed by atoms with E-state index in [9.17, 15) is 0 Å². The summed E-state index contributed by atoms with van der Waals surface area (Å²) < 4.78 is 2.62. The van der Waals surface area contributed by atoms with Crippen LogP contribution in [-0.4, -0.2) is 23.2 Å². The van der Waals surface area contributed by atoms with E-state index in [0.717, 1.165) is 19.5 Å². The number of piperidine rings is 1. The molecule has 2 aromatic rings. The lowest BCUT2D eigenvalue weighted by molar-refractivity contribution is 0.365. The Hall–Kier alpha value is -1.32. The van der Waals surface area contributed by atoms with Gasteiger partial charge in [0.2, 0.25) is 0 Å². The van der Waals surface area contributed by atoms with Gasteiger partial charge in [-0.05, 0) is 57.4 Å². The molecule has 124 valence electrons. The highest BCUT2D eigenvalue weighted by Crippen LogP contribution is 2.31. The van der Waals surface area contributed by atoms with Crippen LogP contribution in [0.2, 0.25) is 0 Å². The Morgan fingerprint density at radius 3 is 2.96 bits per heavy atom. The second kappa shape index (κ2) is 6.29. The summed E-state index contributed by atoms with van der Waals surface area (Å²) in [6.07, 6.45) is 6.49. The summed E-state index contributed by atoms with van der Waals surface area (Å²) in [4.78, 5) is 0. The number of nitrogens with zero attached hydrogens (tertiary/aromatic N) is 1. The molecule has 0 saturated carbocycles. The average Bonchev–Trinajstić information content (AvgIpc) is 2.86. The van der Waals surface area contributed by atoms with Gasteiger partial charge in [0, 0.05) is 48.2 Å². The van der Waals surface area contributed by atoms with E-state index in [2.05, 4.69) is 47.2 Å². The van der Waals surface area contributed by atoms with Crippen molar-refractivity contribution in [2.75, 3.05) is 6.54 Å². The predicted octanol–water partition coefficient (Wildman–Crippen LogP) is 3.52. The molecule has 2 unspecified atom stereocenters. The van der Waals surface area contributed by atoms with Gasteiger partial charge in [0.1, 0.15) is 0 Å². The van der Waals surface area contributed by atoms with Crippen LogP contribution in [-0.2, 0) is 19.5 Å². The van der Waals surface area contributed by atoms with Crippen molar-refractivity contribution in [2.24, 2.45) is 0 Å². The lowest BCUT2D eigenvalue weighted by Crippen LogP contribution is -2.36. The number of hydrogen-bond donors (Lipinski definition) is 2. The van der Waals surface area contributed by atoms with Crippen molar-refractivity contribution in [2.45, 2.75) is 71.1 Å². The molecule has 0 amide bonds. The zero-order chi connectivity index (χ0) is 15.8. The number of nitrogens with one attached hydrogen (secondary N) is 2. The van der Waals surface area contributed by atoms with E-state index >= 15 is 0 Å². The monoisotopic (exact) mass is 311 g/mol. The lowest BCUT2D eigenvalue weighted by Gasteiger charge is -2.26. The van der Waals surface area contributed by atoms with Crippen LogP contribution in [0.15, 0.2) is 18.2 Å². The number of fused-ring (bicyclic) bond motifs is 3. The summed E-state index contributed by atoms with van der Waals surface area (Å²) >= 11 is 0. The average molecular weight is 311 g/mol. The van der Waals surface area contributed by atoms with E-state index in [4.69, 9.17) is 0 Å². The van der Waals surface area contributed by atoms with Crippen molar-refractivity contribution in [3.8, 4) is 0 Å². The van der Waals surface area contributed by atoms with Crippen LogP contribution in [0.5, 0.6) is 0 Å². The van der Waals surface area contributed by atoms with Gasteiger partial charge in [-0.2, -0.15) is 0 Å². The summed E-state index contributed by atoms with van der Waals surface area (Å²) in [5.74, 6) is 0. The minimum Gasteiger partial charge on any atom is -0.344 e. The molecular formula is C20H29N3. The molecule has 0 aliphatic carbocycles. The zero-order valence-corrected chi connectivity index (χ0v) is 14.5. The highest BCUT2D eigenvalue weighted by molar-refractivity contribution is 5.86. The van der Waals surface area contributed by atoms with Crippen LogP contribution < -0.4 is 10.6 Å². The quantitative estimate of drug-likeness (QED) is 0.908. The molecular weight excluding hydrogens is 282 g/mol. The molecule has 2 aliphatic rings. The molecule has 2 N–H and O–H groups in total. The fraction of sp³-hybridized carbons (Fsp3) is 0.600. The first-order chi connectivity index (χ1) is 11.2. The van der Waals surface area contributed by atoms with Crippen LogP contribution in [0.3, 0.4) is 0 Å². The van der Waals surface area contributed by atoms with Crippen LogP contribution in [0.1, 0.15) is 49.4 Å². The van der Waals surface area contributed by atoms with Gasteiger partial charge in [0.05, 0.1) is 0 Å². The Kier molecular flexibility index (Phi) is 4.16. The summed E-state index contributed by atoms with van der Waals surface area (Å²) in [6.45, 7) is 7.88. The van der Waals surface area contributed by atoms with Crippen molar-refractivity contribution < 1.29 is 0 Å². The molecule has 2 aliphatic heterocycles. The smallest absolute Gasteiger partial charge is 0.0486 e. The Morgan fingerprint density at radius 2 is 2.13 bits per heavy atom. The van der Waals surface area contributed by atoms with E-state index in [1.54, 1.807) is 11.3 Å². The molecule has 23 heavy (non-hydrogen) atoms. The molecule has 1 aromatic heterocycles. The molecule has 0 spiro atoms. The molecule has 2 atom stereocenters. The molecule has 3 nitrogen and oxygen atoms in total. The van der Waals surface area contributed by atoms with Gasteiger partial charge < -0.3 is 15.2 Å². The standard InChI is InChI=1S/C20H29N3/c1-14-6-7-19-17(11-14)18-13-22-15(2)12-20(18)23(19)10-8-16-5-3-4-9-21-16/h6-7,11,15-16,21-22H,3-5,8-10,12-13H2,1-2H3. The Morgan fingerprint density at radius 1 is 1.22 bits per heavy atom. The number of rotatable bonds is 3. The Balaban J connectivity index is 1.68. The molecule has 3 heteroatoms. The topological polar surface area (TPSA) is 29.0 Å². The summed E-state index contributed by atoms with van der Waals surface area (Å²) in [7, 11) is 0. The third kappa shape index (κ3) is 2.92. The van der Waals surface area contributed by atoms with Crippen LogP contribution in [0.4, 0.5) is 0 Å². The first-order valence-electron chi connectivity index (χ1n) is 9.30.